The van der Waals surface area contributed by atoms with Crippen LogP contribution in [0.15, 0.2) is 22.9 Å². The first-order valence-electron chi connectivity index (χ1n) is 5.87. The highest BCUT2D eigenvalue weighted by Gasteiger charge is 2.15. The van der Waals surface area contributed by atoms with E-state index in [9.17, 15) is 8.42 Å². The standard InChI is InChI=1S/C12H14ClN3O3S/c1-8-11(9(2)19-16-8)6-15-20(17,18)7-10-3-4-12(13)14-5-10/h3-5,15H,6-7H2,1-2H3. The van der Waals surface area contributed by atoms with Crippen LogP contribution < -0.4 is 4.72 Å². The number of halogens is 1. The van der Waals surface area contributed by atoms with Crippen LogP contribution in [0.25, 0.3) is 0 Å². The van der Waals surface area contributed by atoms with Gasteiger partial charge >= 0.3 is 0 Å². The van der Waals surface area contributed by atoms with E-state index >= 15 is 0 Å². The van der Waals surface area contributed by atoms with Gasteiger partial charge in [0.05, 0.1) is 11.4 Å². The van der Waals surface area contributed by atoms with Crippen LogP contribution in [-0.4, -0.2) is 18.6 Å². The third-order valence-electron chi connectivity index (χ3n) is 2.80. The summed E-state index contributed by atoms with van der Waals surface area (Å²) < 4.78 is 31.5. The van der Waals surface area contributed by atoms with Crippen molar-refractivity contribution in [1.29, 1.82) is 0 Å². The van der Waals surface area contributed by atoms with Gasteiger partial charge in [-0.15, -0.1) is 0 Å². The minimum Gasteiger partial charge on any atom is -0.361 e. The summed E-state index contributed by atoms with van der Waals surface area (Å²) in [6, 6.07) is 3.19. The van der Waals surface area contributed by atoms with Gasteiger partial charge in [-0.1, -0.05) is 22.8 Å². The Kier molecular flexibility index (Phi) is 4.42. The maximum absolute atomic E-state index is 12.0. The van der Waals surface area contributed by atoms with E-state index in [4.69, 9.17) is 16.1 Å². The number of nitrogens with zero attached hydrogens (tertiary/aromatic N) is 2. The van der Waals surface area contributed by atoms with E-state index in [-0.39, 0.29) is 12.3 Å². The summed E-state index contributed by atoms with van der Waals surface area (Å²) >= 11 is 5.65. The maximum Gasteiger partial charge on any atom is 0.216 e. The number of pyridine rings is 1. The molecule has 0 amide bonds. The van der Waals surface area contributed by atoms with Crippen molar-refractivity contribution in [3.8, 4) is 0 Å². The molecule has 0 spiro atoms. The lowest BCUT2D eigenvalue weighted by Crippen LogP contribution is -2.25. The van der Waals surface area contributed by atoms with Gasteiger partial charge in [0.15, 0.2) is 0 Å². The fourth-order valence-electron chi connectivity index (χ4n) is 1.70. The quantitative estimate of drug-likeness (QED) is 0.852. The summed E-state index contributed by atoms with van der Waals surface area (Å²) in [5.41, 5.74) is 2.00. The van der Waals surface area contributed by atoms with Gasteiger partial charge < -0.3 is 4.52 Å². The fourth-order valence-corrected chi connectivity index (χ4v) is 2.89. The minimum absolute atomic E-state index is 0.152. The van der Waals surface area contributed by atoms with Gasteiger partial charge in [-0.25, -0.2) is 18.1 Å². The summed E-state index contributed by atoms with van der Waals surface area (Å²) in [7, 11) is -3.46. The summed E-state index contributed by atoms with van der Waals surface area (Å²) in [6.07, 6.45) is 1.44. The van der Waals surface area contributed by atoms with Crippen molar-refractivity contribution >= 4 is 21.6 Å². The zero-order valence-electron chi connectivity index (χ0n) is 11.1. The molecule has 108 valence electrons. The maximum atomic E-state index is 12.0. The second-order valence-corrected chi connectivity index (χ2v) is 6.57. The third-order valence-corrected chi connectivity index (χ3v) is 4.32. The number of hydrogen-bond acceptors (Lipinski definition) is 5. The summed E-state index contributed by atoms with van der Waals surface area (Å²) in [6.45, 7) is 3.67. The molecule has 2 aromatic rings. The first kappa shape index (κ1) is 15.0. The highest BCUT2D eigenvalue weighted by Crippen LogP contribution is 2.13. The molecule has 2 rings (SSSR count). The van der Waals surface area contributed by atoms with Gasteiger partial charge in [0, 0.05) is 18.3 Å². The molecule has 0 aromatic carbocycles. The minimum atomic E-state index is -3.46. The molecule has 0 saturated carbocycles. The van der Waals surface area contributed by atoms with Gasteiger partial charge in [0.1, 0.15) is 10.9 Å². The van der Waals surface area contributed by atoms with Crippen LogP contribution in [0, 0.1) is 13.8 Å². The highest BCUT2D eigenvalue weighted by atomic mass is 35.5. The average molecular weight is 316 g/mol. The fraction of sp³-hybridized carbons (Fsp3) is 0.333. The average Bonchev–Trinajstić information content (AvgIpc) is 2.69. The number of sulfonamides is 1. The first-order valence-corrected chi connectivity index (χ1v) is 7.90. The van der Waals surface area contributed by atoms with Gasteiger partial charge in [-0.2, -0.15) is 0 Å². The van der Waals surface area contributed by atoms with E-state index in [2.05, 4.69) is 14.9 Å². The predicted molar refractivity (Wildman–Crippen MR) is 74.7 cm³/mol. The van der Waals surface area contributed by atoms with Crippen molar-refractivity contribution in [3.05, 3.63) is 46.1 Å². The van der Waals surface area contributed by atoms with Crippen LogP contribution in [0.5, 0.6) is 0 Å². The molecule has 0 aliphatic carbocycles. The smallest absolute Gasteiger partial charge is 0.216 e. The van der Waals surface area contributed by atoms with Crippen LogP contribution in [0.2, 0.25) is 5.15 Å². The van der Waals surface area contributed by atoms with E-state index in [0.29, 0.717) is 22.2 Å². The summed E-state index contributed by atoms with van der Waals surface area (Å²) in [4.78, 5) is 3.85. The third kappa shape index (κ3) is 3.78. The van der Waals surface area contributed by atoms with Gasteiger partial charge in [0.25, 0.3) is 0 Å². The topological polar surface area (TPSA) is 85.1 Å². The number of nitrogens with one attached hydrogen (secondary N) is 1. The lowest BCUT2D eigenvalue weighted by Gasteiger charge is -2.06. The summed E-state index contributed by atoms with van der Waals surface area (Å²) in [5, 5.41) is 4.10. The van der Waals surface area contributed by atoms with E-state index in [1.807, 2.05) is 0 Å². The second kappa shape index (κ2) is 5.90. The van der Waals surface area contributed by atoms with E-state index < -0.39 is 10.0 Å². The molecule has 0 radical (unpaired) electrons. The Hall–Kier alpha value is -1.44. The monoisotopic (exact) mass is 315 g/mol. The predicted octanol–water partition coefficient (Wildman–Crippen LogP) is 1.96. The Morgan fingerprint density at radius 1 is 1.35 bits per heavy atom. The van der Waals surface area contributed by atoms with E-state index in [1.165, 1.54) is 6.20 Å². The van der Waals surface area contributed by atoms with Crippen LogP contribution in [0.4, 0.5) is 0 Å². The van der Waals surface area contributed by atoms with Crippen LogP contribution >= 0.6 is 11.6 Å². The van der Waals surface area contributed by atoms with Crippen molar-refractivity contribution in [2.24, 2.45) is 0 Å². The van der Waals surface area contributed by atoms with E-state index in [0.717, 1.165) is 5.56 Å². The highest BCUT2D eigenvalue weighted by molar-refractivity contribution is 7.88. The number of rotatable bonds is 5. The zero-order chi connectivity index (χ0) is 14.8. The van der Waals surface area contributed by atoms with Crippen molar-refractivity contribution in [2.45, 2.75) is 26.1 Å². The van der Waals surface area contributed by atoms with Crippen molar-refractivity contribution in [2.75, 3.05) is 0 Å². The molecular weight excluding hydrogens is 302 g/mol. The molecule has 0 bridgehead atoms. The molecule has 0 fully saturated rings. The van der Waals surface area contributed by atoms with Crippen molar-refractivity contribution in [3.63, 3.8) is 0 Å². The van der Waals surface area contributed by atoms with Gasteiger partial charge in [0.2, 0.25) is 10.0 Å². The van der Waals surface area contributed by atoms with Crippen LogP contribution in [-0.2, 0) is 22.3 Å². The largest absolute Gasteiger partial charge is 0.361 e. The summed E-state index contributed by atoms with van der Waals surface area (Å²) in [5.74, 6) is 0.457. The zero-order valence-corrected chi connectivity index (χ0v) is 12.6. The lowest BCUT2D eigenvalue weighted by molar-refractivity contribution is 0.392. The normalized spacial score (nSPS) is 11.8. The molecule has 1 N–H and O–H groups in total. The van der Waals surface area contributed by atoms with Crippen LogP contribution in [0.3, 0.4) is 0 Å². The van der Waals surface area contributed by atoms with Crippen molar-refractivity contribution in [1.82, 2.24) is 14.9 Å². The van der Waals surface area contributed by atoms with Gasteiger partial charge in [-0.05, 0) is 25.5 Å². The molecule has 8 heteroatoms. The van der Waals surface area contributed by atoms with Crippen molar-refractivity contribution < 1.29 is 12.9 Å². The number of aryl methyl sites for hydroxylation is 2. The Balaban J connectivity index is 2.03. The Morgan fingerprint density at radius 3 is 2.65 bits per heavy atom. The molecule has 20 heavy (non-hydrogen) atoms. The van der Waals surface area contributed by atoms with E-state index in [1.54, 1.807) is 26.0 Å². The molecule has 0 aliphatic heterocycles. The lowest BCUT2D eigenvalue weighted by atomic mass is 10.2. The molecule has 0 aliphatic rings. The number of aromatic nitrogens is 2. The Morgan fingerprint density at radius 2 is 2.10 bits per heavy atom. The number of hydrogen-bond donors (Lipinski definition) is 1. The molecule has 6 nitrogen and oxygen atoms in total. The Bertz CT molecular complexity index is 676. The second-order valence-electron chi connectivity index (χ2n) is 4.37. The molecule has 0 saturated heterocycles. The van der Waals surface area contributed by atoms with Crippen LogP contribution in [0.1, 0.15) is 22.6 Å². The molecule has 2 heterocycles. The molecule has 2 aromatic heterocycles. The Labute approximate surface area is 122 Å². The molecule has 0 unspecified atom stereocenters. The molecular formula is C12H14ClN3O3S. The SMILES string of the molecule is Cc1noc(C)c1CNS(=O)(=O)Cc1ccc(Cl)nc1. The first-order chi connectivity index (χ1) is 9.37. The van der Waals surface area contributed by atoms with Gasteiger partial charge in [-0.3, -0.25) is 0 Å². The molecule has 0 atom stereocenters.